The number of benzene rings is 1. The predicted molar refractivity (Wildman–Crippen MR) is 107 cm³/mol. The van der Waals surface area contributed by atoms with Crippen LogP contribution in [0.1, 0.15) is 39.8 Å². The van der Waals surface area contributed by atoms with Crippen molar-refractivity contribution >= 4 is 22.8 Å². The minimum atomic E-state index is -0.234. The molecule has 7 heteroatoms. The lowest BCUT2D eigenvalue weighted by molar-refractivity contribution is -0.116. The van der Waals surface area contributed by atoms with E-state index in [1.807, 2.05) is 69.6 Å². The summed E-state index contributed by atoms with van der Waals surface area (Å²) in [7, 11) is 0. The number of anilines is 1. The number of amides is 1. The molecule has 2 aromatic heterocycles. The highest BCUT2D eigenvalue weighted by Crippen LogP contribution is 2.21. The molecule has 0 saturated carbocycles. The molecular formula is C20H27N5O2. The van der Waals surface area contributed by atoms with Crippen LogP contribution in [0.4, 0.5) is 5.82 Å². The van der Waals surface area contributed by atoms with Crippen LogP contribution < -0.4 is 11.0 Å². The van der Waals surface area contributed by atoms with E-state index < -0.39 is 0 Å². The molecule has 1 aromatic carbocycles. The lowest BCUT2D eigenvalue weighted by atomic mass is 10.1. The van der Waals surface area contributed by atoms with Gasteiger partial charge in [0.15, 0.2) is 0 Å². The van der Waals surface area contributed by atoms with Crippen molar-refractivity contribution in [3.63, 3.8) is 0 Å². The van der Waals surface area contributed by atoms with Crippen molar-refractivity contribution in [1.82, 2.24) is 18.9 Å². The van der Waals surface area contributed by atoms with E-state index in [2.05, 4.69) is 10.4 Å². The number of nitrogens with one attached hydrogen (secondary N) is 1. The van der Waals surface area contributed by atoms with E-state index in [1.165, 1.54) is 0 Å². The number of hydrogen-bond donors (Lipinski definition) is 1. The van der Waals surface area contributed by atoms with E-state index in [0.29, 0.717) is 18.9 Å². The van der Waals surface area contributed by atoms with Crippen molar-refractivity contribution in [2.45, 2.75) is 59.7 Å². The number of fused-ring (bicyclic) bond motifs is 1. The van der Waals surface area contributed by atoms with Crippen molar-refractivity contribution in [3.8, 4) is 0 Å². The summed E-state index contributed by atoms with van der Waals surface area (Å²) in [6, 6.07) is 9.53. The second-order valence-corrected chi connectivity index (χ2v) is 7.72. The molecule has 27 heavy (non-hydrogen) atoms. The van der Waals surface area contributed by atoms with Gasteiger partial charge in [0.2, 0.25) is 5.91 Å². The average Bonchev–Trinajstić information content (AvgIpc) is 3.09. The summed E-state index contributed by atoms with van der Waals surface area (Å²) in [6.45, 7) is 10.9. The van der Waals surface area contributed by atoms with E-state index in [1.54, 1.807) is 9.13 Å². The third-order valence-corrected chi connectivity index (χ3v) is 4.54. The smallest absolute Gasteiger partial charge is 0.311 e. The van der Waals surface area contributed by atoms with Crippen LogP contribution in [0.2, 0.25) is 0 Å². The minimum absolute atomic E-state index is 0.0814. The van der Waals surface area contributed by atoms with Gasteiger partial charge in [-0.3, -0.25) is 13.9 Å². The normalized spacial score (nSPS) is 11.9. The molecule has 3 rings (SSSR count). The average molecular weight is 369 g/mol. The maximum atomic E-state index is 12.7. The molecule has 0 bridgehead atoms. The van der Waals surface area contributed by atoms with Crippen LogP contribution in [0.3, 0.4) is 0 Å². The first-order chi connectivity index (χ1) is 12.7. The summed E-state index contributed by atoms with van der Waals surface area (Å²) >= 11 is 0. The summed E-state index contributed by atoms with van der Waals surface area (Å²) < 4.78 is 5.21. The van der Waals surface area contributed by atoms with Gasteiger partial charge in [-0.1, -0.05) is 12.1 Å². The van der Waals surface area contributed by atoms with E-state index in [0.717, 1.165) is 16.7 Å². The van der Waals surface area contributed by atoms with E-state index in [-0.39, 0.29) is 23.6 Å². The number of aromatic nitrogens is 4. The number of carbonyl (C=O) groups is 1. The Labute approximate surface area is 158 Å². The maximum Gasteiger partial charge on any atom is 0.329 e. The van der Waals surface area contributed by atoms with Gasteiger partial charge in [-0.25, -0.2) is 9.48 Å². The molecule has 0 saturated heterocycles. The zero-order valence-corrected chi connectivity index (χ0v) is 16.6. The summed E-state index contributed by atoms with van der Waals surface area (Å²) in [5.41, 5.74) is 2.28. The van der Waals surface area contributed by atoms with Crippen molar-refractivity contribution < 1.29 is 4.79 Å². The lowest BCUT2D eigenvalue weighted by Crippen LogP contribution is -2.28. The highest BCUT2D eigenvalue weighted by atomic mass is 16.2. The molecule has 0 fully saturated rings. The molecule has 2 heterocycles. The number of para-hydroxylation sites is 2. The largest absolute Gasteiger partial charge is 0.329 e. The van der Waals surface area contributed by atoms with Crippen molar-refractivity contribution in [2.75, 3.05) is 5.32 Å². The van der Waals surface area contributed by atoms with Crippen LogP contribution in [-0.2, 0) is 23.4 Å². The first-order valence-corrected chi connectivity index (χ1v) is 9.27. The Bertz CT molecular complexity index is 1030. The molecule has 0 aliphatic heterocycles. The molecule has 7 nitrogen and oxygen atoms in total. The van der Waals surface area contributed by atoms with Gasteiger partial charge < -0.3 is 5.32 Å². The van der Waals surface area contributed by atoms with Gasteiger partial charge in [0.05, 0.1) is 22.3 Å². The van der Waals surface area contributed by atoms with Gasteiger partial charge in [0, 0.05) is 25.6 Å². The first-order valence-electron chi connectivity index (χ1n) is 9.27. The van der Waals surface area contributed by atoms with E-state index in [9.17, 15) is 9.59 Å². The molecule has 0 unspecified atom stereocenters. The molecular weight excluding hydrogens is 342 g/mol. The summed E-state index contributed by atoms with van der Waals surface area (Å²) in [5.74, 6) is 0.536. The number of rotatable bonds is 5. The molecule has 0 atom stereocenters. The highest BCUT2D eigenvalue weighted by molar-refractivity contribution is 5.90. The third kappa shape index (κ3) is 3.67. The van der Waals surface area contributed by atoms with Crippen LogP contribution in [0, 0.1) is 6.92 Å². The zero-order valence-electron chi connectivity index (χ0n) is 16.6. The number of carbonyl (C=O) groups excluding carboxylic acids is 1. The fourth-order valence-corrected chi connectivity index (χ4v) is 3.31. The molecule has 1 N–H and O–H groups in total. The summed E-state index contributed by atoms with van der Waals surface area (Å²) in [5, 5.41) is 7.40. The quantitative estimate of drug-likeness (QED) is 0.751. The molecule has 1 amide bonds. The Balaban J connectivity index is 1.79. The van der Waals surface area contributed by atoms with E-state index >= 15 is 0 Å². The first kappa shape index (κ1) is 18.9. The molecule has 0 aliphatic rings. The SMILES string of the molecule is CCn1c(=O)n(CCC(=O)Nc2cc(C)nn2C(C)(C)C)c2ccccc21. The van der Waals surface area contributed by atoms with Gasteiger partial charge in [-0.2, -0.15) is 5.10 Å². The van der Waals surface area contributed by atoms with Crippen LogP contribution in [0.25, 0.3) is 11.0 Å². The van der Waals surface area contributed by atoms with Crippen LogP contribution >= 0.6 is 0 Å². The molecule has 3 aromatic rings. The topological polar surface area (TPSA) is 73.8 Å². The molecule has 0 spiro atoms. The monoisotopic (exact) mass is 369 g/mol. The van der Waals surface area contributed by atoms with Crippen molar-refractivity contribution in [3.05, 3.63) is 46.5 Å². The Hall–Kier alpha value is -2.83. The summed E-state index contributed by atoms with van der Waals surface area (Å²) in [6.07, 6.45) is 0.214. The third-order valence-electron chi connectivity index (χ3n) is 4.54. The zero-order chi connectivity index (χ0) is 19.8. The van der Waals surface area contributed by atoms with Gasteiger partial charge in [-0.15, -0.1) is 0 Å². The Morgan fingerprint density at radius 2 is 1.78 bits per heavy atom. The molecule has 144 valence electrons. The fraction of sp³-hybridized carbons (Fsp3) is 0.450. The second-order valence-electron chi connectivity index (χ2n) is 7.72. The van der Waals surface area contributed by atoms with E-state index in [4.69, 9.17) is 0 Å². The second kappa shape index (κ2) is 7.06. The molecule has 0 aliphatic carbocycles. The van der Waals surface area contributed by atoms with Gasteiger partial charge >= 0.3 is 5.69 Å². The highest BCUT2D eigenvalue weighted by Gasteiger charge is 2.20. The van der Waals surface area contributed by atoms with Crippen molar-refractivity contribution in [1.29, 1.82) is 0 Å². The number of nitrogens with zero attached hydrogens (tertiary/aromatic N) is 4. The van der Waals surface area contributed by atoms with Crippen LogP contribution in [-0.4, -0.2) is 24.8 Å². The van der Waals surface area contributed by atoms with Gasteiger partial charge in [-0.05, 0) is 46.8 Å². The maximum absolute atomic E-state index is 12.7. The minimum Gasteiger partial charge on any atom is -0.311 e. The van der Waals surface area contributed by atoms with Crippen LogP contribution in [0.5, 0.6) is 0 Å². The fourth-order valence-electron chi connectivity index (χ4n) is 3.31. The molecule has 0 radical (unpaired) electrons. The lowest BCUT2D eigenvalue weighted by Gasteiger charge is -2.22. The number of imidazole rings is 1. The number of hydrogen-bond acceptors (Lipinski definition) is 3. The van der Waals surface area contributed by atoms with Gasteiger partial charge in [0.1, 0.15) is 5.82 Å². The van der Waals surface area contributed by atoms with Gasteiger partial charge in [0.25, 0.3) is 0 Å². The Morgan fingerprint density at radius 3 is 2.37 bits per heavy atom. The predicted octanol–water partition coefficient (Wildman–Crippen LogP) is 3.11. The number of aryl methyl sites for hydroxylation is 3. The Kier molecular flexibility index (Phi) is 4.95. The van der Waals surface area contributed by atoms with Crippen molar-refractivity contribution in [2.24, 2.45) is 0 Å². The van der Waals surface area contributed by atoms with Crippen LogP contribution in [0.15, 0.2) is 35.1 Å². The Morgan fingerprint density at radius 1 is 1.15 bits per heavy atom. The summed E-state index contributed by atoms with van der Waals surface area (Å²) in [4.78, 5) is 25.2. The standard InChI is InChI=1S/C20H27N5O2/c1-6-23-15-9-7-8-10-16(15)24(19(23)27)12-11-18(26)21-17-13-14(2)22-25(17)20(3,4)5/h7-10,13H,6,11-12H2,1-5H3,(H,21,26).